The number of sulfonamides is 1. The third kappa shape index (κ3) is 5.32. The van der Waals surface area contributed by atoms with Crippen LogP contribution in [0, 0.1) is 11.6 Å². The lowest BCUT2D eigenvalue weighted by Crippen LogP contribution is -2.36. The minimum atomic E-state index is -3.94. The van der Waals surface area contributed by atoms with E-state index in [-0.39, 0.29) is 18.2 Å². The summed E-state index contributed by atoms with van der Waals surface area (Å²) in [7, 11) is -3.94. The van der Waals surface area contributed by atoms with E-state index in [0.29, 0.717) is 24.5 Å². The number of hydrogen-bond donors (Lipinski definition) is 0. The predicted octanol–water partition coefficient (Wildman–Crippen LogP) is 4.70. The van der Waals surface area contributed by atoms with Gasteiger partial charge in [-0.15, -0.1) is 0 Å². The van der Waals surface area contributed by atoms with Crippen molar-refractivity contribution in [3.8, 4) is 0 Å². The molecule has 2 aromatic carbocycles. The molecule has 0 saturated heterocycles. The number of benzene rings is 2. The van der Waals surface area contributed by atoms with Gasteiger partial charge in [0.1, 0.15) is 11.6 Å². The van der Waals surface area contributed by atoms with Gasteiger partial charge >= 0.3 is 0 Å². The fraction of sp³-hybridized carbons (Fsp3) is 0.400. The van der Waals surface area contributed by atoms with Crippen molar-refractivity contribution in [2.75, 3.05) is 5.75 Å². The van der Waals surface area contributed by atoms with Crippen molar-refractivity contribution in [2.24, 2.45) is 0 Å². The smallest absolute Gasteiger partial charge is 0.212 e. The van der Waals surface area contributed by atoms with Crippen molar-refractivity contribution in [1.82, 2.24) is 4.31 Å². The molecule has 2 aromatic rings. The topological polar surface area (TPSA) is 37.4 Å². The van der Waals surface area contributed by atoms with Crippen LogP contribution in [0.4, 0.5) is 17.6 Å². The summed E-state index contributed by atoms with van der Waals surface area (Å²) in [4.78, 5) is 0. The lowest BCUT2D eigenvalue weighted by molar-refractivity contribution is 0.130. The van der Waals surface area contributed by atoms with Crippen molar-refractivity contribution in [2.45, 2.75) is 44.2 Å². The number of halogens is 4. The van der Waals surface area contributed by atoms with E-state index in [2.05, 4.69) is 0 Å². The van der Waals surface area contributed by atoms with Crippen LogP contribution in [0.3, 0.4) is 0 Å². The van der Waals surface area contributed by atoms with Crippen LogP contribution in [-0.2, 0) is 16.6 Å². The lowest BCUT2D eigenvalue weighted by Gasteiger charge is -2.25. The van der Waals surface area contributed by atoms with Crippen LogP contribution >= 0.6 is 0 Å². The second-order valence-corrected chi connectivity index (χ2v) is 8.99. The summed E-state index contributed by atoms with van der Waals surface area (Å²) in [6, 6.07) is 11.0. The van der Waals surface area contributed by atoms with E-state index in [0.717, 1.165) is 6.07 Å². The van der Waals surface area contributed by atoms with Crippen LogP contribution in [0.25, 0.3) is 0 Å². The first-order chi connectivity index (χ1) is 13.3. The minimum Gasteiger partial charge on any atom is -0.212 e. The number of nitrogens with zero attached hydrogens (tertiary/aromatic N) is 1. The molecule has 1 unspecified atom stereocenters. The van der Waals surface area contributed by atoms with Crippen molar-refractivity contribution in [3.05, 3.63) is 71.3 Å². The van der Waals surface area contributed by atoms with Gasteiger partial charge in [0.15, 0.2) is 0 Å². The minimum absolute atomic E-state index is 0.0574. The largest absolute Gasteiger partial charge is 0.239 e. The van der Waals surface area contributed by atoms with Gasteiger partial charge < -0.3 is 0 Å². The van der Waals surface area contributed by atoms with Crippen molar-refractivity contribution in [1.29, 1.82) is 0 Å². The summed E-state index contributed by atoms with van der Waals surface area (Å²) < 4.78 is 80.5. The summed E-state index contributed by atoms with van der Waals surface area (Å²) in [5.74, 6) is -2.93. The molecule has 0 bridgehead atoms. The van der Waals surface area contributed by atoms with Gasteiger partial charge in [0.25, 0.3) is 0 Å². The van der Waals surface area contributed by atoms with Gasteiger partial charge in [0.2, 0.25) is 16.4 Å². The van der Waals surface area contributed by atoms with Gasteiger partial charge in [-0.25, -0.2) is 26.0 Å². The molecular formula is C20H21F4NO2S. The Kier molecular flexibility index (Phi) is 6.40. The summed E-state index contributed by atoms with van der Waals surface area (Å²) in [5.41, 5.74) is 0.581. The van der Waals surface area contributed by atoms with Crippen molar-refractivity contribution < 1.29 is 26.0 Å². The highest BCUT2D eigenvalue weighted by Gasteiger charge is 2.39. The van der Waals surface area contributed by atoms with Crippen LogP contribution in [-0.4, -0.2) is 30.9 Å². The highest BCUT2D eigenvalue weighted by Crippen LogP contribution is 2.34. The molecule has 0 N–H and O–H groups in total. The summed E-state index contributed by atoms with van der Waals surface area (Å²) in [5, 5.41) is 0. The number of hydrogen-bond acceptors (Lipinski definition) is 2. The maximum Gasteiger partial charge on any atom is 0.239 e. The second-order valence-electron chi connectivity index (χ2n) is 7.03. The van der Waals surface area contributed by atoms with Gasteiger partial charge in [0.05, 0.1) is 5.75 Å². The molecule has 3 nitrogen and oxygen atoms in total. The molecule has 1 aliphatic rings. The van der Waals surface area contributed by atoms with Gasteiger partial charge in [-0.3, -0.25) is 0 Å². The maximum atomic E-state index is 14.0. The molecule has 0 radical (unpaired) electrons. The van der Waals surface area contributed by atoms with E-state index < -0.39 is 46.2 Å². The second kappa shape index (κ2) is 8.61. The van der Waals surface area contributed by atoms with Crippen LogP contribution in [0.1, 0.15) is 36.3 Å². The molecule has 0 heterocycles. The molecule has 1 aliphatic carbocycles. The molecule has 0 spiro atoms. The Hall–Kier alpha value is -1.93. The van der Waals surface area contributed by atoms with Crippen LogP contribution in [0.5, 0.6) is 0 Å². The van der Waals surface area contributed by atoms with Crippen molar-refractivity contribution in [3.63, 3.8) is 0 Å². The Bertz CT molecular complexity index is 902. The van der Waals surface area contributed by atoms with E-state index in [9.17, 15) is 26.0 Å². The molecule has 0 aromatic heterocycles. The van der Waals surface area contributed by atoms with Gasteiger partial charge in [0, 0.05) is 36.6 Å². The summed E-state index contributed by atoms with van der Waals surface area (Å²) >= 11 is 0. The Morgan fingerprint density at radius 1 is 1.04 bits per heavy atom. The molecular weight excluding hydrogens is 394 g/mol. The SMILES string of the molecule is O=S(=O)(CC(CC(F)F)c1ccccc1)N(Cc1ccc(F)cc1F)C1CC1. The molecule has 0 aliphatic heterocycles. The normalized spacial score (nSPS) is 15.9. The third-order valence-electron chi connectivity index (χ3n) is 4.80. The molecule has 152 valence electrons. The molecule has 0 amide bonds. The molecule has 28 heavy (non-hydrogen) atoms. The highest BCUT2D eigenvalue weighted by atomic mass is 32.2. The van der Waals surface area contributed by atoms with Crippen LogP contribution in [0.2, 0.25) is 0 Å². The zero-order valence-corrected chi connectivity index (χ0v) is 15.9. The average Bonchev–Trinajstić information content (AvgIpc) is 3.45. The fourth-order valence-electron chi connectivity index (χ4n) is 3.23. The zero-order valence-electron chi connectivity index (χ0n) is 15.1. The average molecular weight is 415 g/mol. The highest BCUT2D eigenvalue weighted by molar-refractivity contribution is 7.89. The van der Waals surface area contributed by atoms with E-state index in [4.69, 9.17) is 0 Å². The Balaban J connectivity index is 1.84. The standard InChI is InChI=1S/C20H21F4NO2S/c21-17-7-6-15(19(22)11-17)12-25(18-8-9-18)28(26,27)13-16(10-20(23)24)14-4-2-1-3-5-14/h1-7,11,16,18,20H,8-10,12-13H2. The van der Waals surface area contributed by atoms with E-state index in [1.54, 1.807) is 30.3 Å². The first-order valence-corrected chi connectivity index (χ1v) is 10.6. The first-order valence-electron chi connectivity index (χ1n) is 9.03. The van der Waals surface area contributed by atoms with Gasteiger partial charge in [-0.2, -0.15) is 4.31 Å². The summed E-state index contributed by atoms with van der Waals surface area (Å²) in [6.07, 6.45) is -1.96. The van der Waals surface area contributed by atoms with E-state index in [1.807, 2.05) is 0 Å². The molecule has 3 rings (SSSR count). The maximum absolute atomic E-state index is 14.0. The van der Waals surface area contributed by atoms with Gasteiger partial charge in [-0.05, 0) is 24.5 Å². The fourth-order valence-corrected chi connectivity index (χ4v) is 5.25. The molecule has 1 atom stereocenters. The Morgan fingerprint density at radius 2 is 1.71 bits per heavy atom. The van der Waals surface area contributed by atoms with Gasteiger partial charge in [-0.1, -0.05) is 36.4 Å². The zero-order chi connectivity index (χ0) is 20.3. The molecule has 8 heteroatoms. The van der Waals surface area contributed by atoms with Crippen LogP contribution in [0.15, 0.2) is 48.5 Å². The number of rotatable bonds is 9. The Labute approximate surface area is 162 Å². The predicted molar refractivity (Wildman–Crippen MR) is 98.5 cm³/mol. The molecule has 1 saturated carbocycles. The Morgan fingerprint density at radius 3 is 2.29 bits per heavy atom. The summed E-state index contributed by atoms with van der Waals surface area (Å²) in [6.45, 7) is -0.241. The van der Waals surface area contributed by atoms with Crippen molar-refractivity contribution >= 4 is 10.0 Å². The van der Waals surface area contributed by atoms with E-state index >= 15 is 0 Å². The third-order valence-corrected chi connectivity index (χ3v) is 6.76. The number of alkyl halides is 2. The van der Waals surface area contributed by atoms with E-state index in [1.165, 1.54) is 10.4 Å². The monoisotopic (exact) mass is 415 g/mol. The molecule has 1 fully saturated rings. The lowest BCUT2D eigenvalue weighted by atomic mass is 9.98. The van der Waals surface area contributed by atoms with Crippen LogP contribution < -0.4 is 0 Å². The first kappa shape index (κ1) is 20.8. The quantitative estimate of drug-likeness (QED) is 0.557.